The van der Waals surface area contributed by atoms with Gasteiger partial charge in [-0.1, -0.05) is 60.7 Å². The Morgan fingerprint density at radius 1 is 0.760 bits per heavy atom. The Morgan fingerprint density at radius 3 is 1.92 bits per heavy atom. The van der Waals surface area contributed by atoms with Crippen molar-refractivity contribution in [1.29, 1.82) is 5.26 Å². The minimum Gasteiger partial charge on any atom is -0.497 e. The molecule has 0 fully saturated rings. The highest BCUT2D eigenvalue weighted by atomic mass is 16.5. The average molecular weight is 323 g/mol. The first-order chi connectivity index (χ1) is 12.3. The van der Waals surface area contributed by atoms with Gasteiger partial charge in [0.25, 0.3) is 0 Å². The van der Waals surface area contributed by atoms with Crippen molar-refractivity contribution in [3.8, 4) is 11.8 Å². The number of ether oxygens (including phenoxy) is 1. The van der Waals surface area contributed by atoms with Crippen LogP contribution in [0.25, 0.3) is 21.5 Å². The second kappa shape index (κ2) is 6.30. The van der Waals surface area contributed by atoms with Crippen LogP contribution in [0, 0.1) is 11.3 Å². The predicted molar refractivity (Wildman–Crippen MR) is 102 cm³/mol. The van der Waals surface area contributed by atoms with Gasteiger partial charge in [0.15, 0.2) is 0 Å². The van der Waals surface area contributed by atoms with Gasteiger partial charge in [0.2, 0.25) is 0 Å². The van der Waals surface area contributed by atoms with E-state index < -0.39 is 0 Å². The fourth-order valence-electron chi connectivity index (χ4n) is 3.47. The van der Waals surface area contributed by atoms with Gasteiger partial charge >= 0.3 is 0 Å². The van der Waals surface area contributed by atoms with E-state index in [2.05, 4.69) is 42.5 Å². The maximum absolute atomic E-state index is 9.87. The lowest BCUT2D eigenvalue weighted by atomic mass is 9.89. The molecular weight excluding hydrogens is 306 g/mol. The lowest BCUT2D eigenvalue weighted by Gasteiger charge is -2.14. The molecule has 4 rings (SSSR count). The zero-order valence-electron chi connectivity index (χ0n) is 14.0. The molecule has 0 aromatic heterocycles. The summed E-state index contributed by atoms with van der Waals surface area (Å²) in [5, 5.41) is 14.4. The highest BCUT2D eigenvalue weighted by Crippen LogP contribution is 2.34. The standard InChI is InChI=1S/C23H17NO/c1-25-17-12-10-16(11-13-17)14-22-20-8-4-2-6-18(20)19-7-3-5-9-21(19)23(22)15-24/h2-13H,14H2,1H3. The number of nitriles is 1. The van der Waals surface area contributed by atoms with E-state index in [1.807, 2.05) is 36.4 Å². The third kappa shape index (κ3) is 2.60. The van der Waals surface area contributed by atoms with Crippen LogP contribution in [0.2, 0.25) is 0 Å². The van der Waals surface area contributed by atoms with Crippen LogP contribution in [0.5, 0.6) is 5.75 Å². The van der Waals surface area contributed by atoms with Gasteiger partial charge < -0.3 is 4.74 Å². The van der Waals surface area contributed by atoms with Gasteiger partial charge in [0.05, 0.1) is 12.7 Å². The van der Waals surface area contributed by atoms with Gasteiger partial charge in [0.1, 0.15) is 11.8 Å². The van der Waals surface area contributed by atoms with Crippen LogP contribution < -0.4 is 4.74 Å². The molecule has 4 aromatic rings. The number of methoxy groups -OCH3 is 1. The van der Waals surface area contributed by atoms with Crippen molar-refractivity contribution < 1.29 is 4.74 Å². The molecule has 0 aliphatic carbocycles. The van der Waals surface area contributed by atoms with E-state index in [4.69, 9.17) is 4.74 Å². The summed E-state index contributed by atoms with van der Waals surface area (Å²) in [5.41, 5.74) is 3.02. The van der Waals surface area contributed by atoms with E-state index in [0.29, 0.717) is 0 Å². The van der Waals surface area contributed by atoms with E-state index in [1.54, 1.807) is 7.11 Å². The monoisotopic (exact) mass is 323 g/mol. The molecule has 0 aliphatic heterocycles. The van der Waals surface area contributed by atoms with Crippen LogP contribution in [0.4, 0.5) is 0 Å². The van der Waals surface area contributed by atoms with E-state index in [0.717, 1.165) is 45.0 Å². The molecule has 0 N–H and O–H groups in total. The fourth-order valence-corrected chi connectivity index (χ4v) is 3.47. The summed E-state index contributed by atoms with van der Waals surface area (Å²) >= 11 is 0. The fraction of sp³-hybridized carbons (Fsp3) is 0.0870. The lowest BCUT2D eigenvalue weighted by molar-refractivity contribution is 0.414. The Morgan fingerprint density at radius 2 is 1.32 bits per heavy atom. The summed E-state index contributed by atoms with van der Waals surface area (Å²) in [7, 11) is 1.67. The summed E-state index contributed by atoms with van der Waals surface area (Å²) in [4.78, 5) is 0. The smallest absolute Gasteiger partial charge is 0.118 e. The van der Waals surface area contributed by atoms with E-state index in [-0.39, 0.29) is 0 Å². The van der Waals surface area contributed by atoms with Crippen molar-refractivity contribution in [1.82, 2.24) is 0 Å². The lowest BCUT2D eigenvalue weighted by Crippen LogP contribution is -1.97. The average Bonchev–Trinajstić information content (AvgIpc) is 2.69. The number of rotatable bonds is 3. The molecular formula is C23H17NO. The molecule has 0 atom stereocenters. The van der Waals surface area contributed by atoms with E-state index in [9.17, 15) is 5.26 Å². The molecule has 0 heterocycles. The predicted octanol–water partition coefficient (Wildman–Crippen LogP) is 5.46. The molecule has 0 radical (unpaired) electrons. The Bertz CT molecular complexity index is 1100. The normalized spacial score (nSPS) is 10.7. The maximum Gasteiger partial charge on any atom is 0.118 e. The third-order valence-electron chi connectivity index (χ3n) is 4.69. The second-order valence-electron chi connectivity index (χ2n) is 6.08. The first-order valence-electron chi connectivity index (χ1n) is 8.27. The van der Waals surface area contributed by atoms with Crippen molar-refractivity contribution in [3.63, 3.8) is 0 Å². The summed E-state index contributed by atoms with van der Waals surface area (Å²) in [6.07, 6.45) is 0.720. The zero-order chi connectivity index (χ0) is 17.2. The van der Waals surface area contributed by atoms with Gasteiger partial charge in [-0.05, 0) is 45.8 Å². The number of hydrogen-bond acceptors (Lipinski definition) is 2. The Labute approximate surface area is 146 Å². The molecule has 0 spiro atoms. The first kappa shape index (κ1) is 15.2. The van der Waals surface area contributed by atoms with E-state index in [1.165, 1.54) is 5.39 Å². The van der Waals surface area contributed by atoms with Crippen LogP contribution in [0.15, 0.2) is 72.8 Å². The molecule has 0 amide bonds. The van der Waals surface area contributed by atoms with Crippen molar-refractivity contribution in [2.75, 3.05) is 7.11 Å². The number of hydrogen-bond donors (Lipinski definition) is 0. The third-order valence-corrected chi connectivity index (χ3v) is 4.69. The highest BCUT2D eigenvalue weighted by molar-refractivity contribution is 6.11. The molecule has 25 heavy (non-hydrogen) atoms. The van der Waals surface area contributed by atoms with Crippen molar-refractivity contribution in [2.24, 2.45) is 0 Å². The van der Waals surface area contributed by atoms with Crippen LogP contribution >= 0.6 is 0 Å². The largest absolute Gasteiger partial charge is 0.497 e. The number of nitrogens with zero attached hydrogens (tertiary/aromatic N) is 1. The molecule has 4 aromatic carbocycles. The second-order valence-corrected chi connectivity index (χ2v) is 6.08. The maximum atomic E-state index is 9.87. The molecule has 0 unspecified atom stereocenters. The highest BCUT2D eigenvalue weighted by Gasteiger charge is 2.14. The molecule has 0 aliphatic rings. The van der Waals surface area contributed by atoms with Gasteiger partial charge in [-0.15, -0.1) is 0 Å². The Balaban J connectivity index is 1.98. The van der Waals surface area contributed by atoms with Gasteiger partial charge in [-0.3, -0.25) is 0 Å². The zero-order valence-corrected chi connectivity index (χ0v) is 14.0. The van der Waals surface area contributed by atoms with E-state index >= 15 is 0 Å². The molecule has 0 saturated carbocycles. The van der Waals surface area contributed by atoms with Gasteiger partial charge in [-0.25, -0.2) is 0 Å². The quantitative estimate of drug-likeness (QED) is 0.469. The summed E-state index contributed by atoms with van der Waals surface area (Å²) in [6.45, 7) is 0. The summed E-state index contributed by atoms with van der Waals surface area (Å²) in [5.74, 6) is 0.840. The SMILES string of the molecule is COc1ccc(Cc2c(C#N)c3ccccc3c3ccccc23)cc1. The van der Waals surface area contributed by atoms with Crippen LogP contribution in [0.1, 0.15) is 16.7 Å². The minimum absolute atomic E-state index is 0.720. The Hall–Kier alpha value is -3.31. The minimum atomic E-state index is 0.720. The molecule has 2 heteroatoms. The van der Waals surface area contributed by atoms with Crippen LogP contribution in [-0.2, 0) is 6.42 Å². The van der Waals surface area contributed by atoms with Gasteiger partial charge in [-0.2, -0.15) is 5.26 Å². The number of fused-ring (bicyclic) bond motifs is 3. The topological polar surface area (TPSA) is 33.0 Å². The van der Waals surface area contributed by atoms with Crippen LogP contribution in [-0.4, -0.2) is 7.11 Å². The molecule has 0 saturated heterocycles. The first-order valence-corrected chi connectivity index (χ1v) is 8.27. The molecule has 0 bridgehead atoms. The van der Waals surface area contributed by atoms with Crippen molar-refractivity contribution >= 4 is 21.5 Å². The molecule has 120 valence electrons. The van der Waals surface area contributed by atoms with Crippen molar-refractivity contribution in [3.05, 3.63) is 89.5 Å². The Kier molecular flexibility index (Phi) is 3.84. The summed E-state index contributed by atoms with van der Waals surface area (Å²) in [6, 6.07) is 27.0. The van der Waals surface area contributed by atoms with Gasteiger partial charge in [0, 0.05) is 5.39 Å². The number of benzene rings is 4. The van der Waals surface area contributed by atoms with Crippen LogP contribution in [0.3, 0.4) is 0 Å². The summed E-state index contributed by atoms with van der Waals surface area (Å²) < 4.78 is 5.24. The van der Waals surface area contributed by atoms with Crippen molar-refractivity contribution in [2.45, 2.75) is 6.42 Å². The molecule has 2 nitrogen and oxygen atoms in total.